The first-order valence-corrected chi connectivity index (χ1v) is 8.90. The summed E-state index contributed by atoms with van der Waals surface area (Å²) in [6, 6.07) is 8.32. The predicted molar refractivity (Wildman–Crippen MR) is 81.3 cm³/mol. The molecule has 1 aromatic carbocycles. The molecular weight excluding hydrogens is 288 g/mol. The summed E-state index contributed by atoms with van der Waals surface area (Å²) < 4.78 is 26.6. The second-order valence-electron chi connectivity index (χ2n) is 5.26. The largest absolute Gasteiger partial charge is 0.343 e. The normalized spacial score (nSPS) is 16.8. The summed E-state index contributed by atoms with van der Waals surface area (Å²) in [7, 11) is -3.44. The molecule has 0 saturated carbocycles. The molecule has 1 heterocycles. The Morgan fingerprint density at radius 3 is 2.62 bits per heavy atom. The molecule has 116 valence electrons. The highest BCUT2D eigenvalue weighted by Crippen LogP contribution is 2.11. The predicted octanol–water partition coefficient (Wildman–Crippen LogP) is 1.76. The smallest absolute Gasteiger partial charge is 0.240 e. The molecular formula is C15H22N2O3S. The Morgan fingerprint density at radius 1 is 1.10 bits per heavy atom. The Bertz CT molecular complexity index is 558. The van der Waals surface area contributed by atoms with E-state index >= 15 is 0 Å². The zero-order valence-electron chi connectivity index (χ0n) is 12.1. The number of nitrogens with one attached hydrogen (secondary N) is 1. The van der Waals surface area contributed by atoms with E-state index < -0.39 is 10.0 Å². The van der Waals surface area contributed by atoms with Gasteiger partial charge in [-0.25, -0.2) is 13.1 Å². The fraction of sp³-hybridized carbons (Fsp3) is 0.533. The van der Waals surface area contributed by atoms with Crippen LogP contribution in [0.1, 0.15) is 32.1 Å². The number of sulfonamides is 1. The van der Waals surface area contributed by atoms with E-state index in [0.717, 1.165) is 25.8 Å². The molecule has 0 aromatic heterocycles. The lowest BCUT2D eigenvalue weighted by molar-refractivity contribution is -0.130. The fourth-order valence-corrected chi connectivity index (χ4v) is 3.53. The van der Waals surface area contributed by atoms with Crippen LogP contribution in [-0.4, -0.2) is 38.9 Å². The number of hydrogen-bond acceptors (Lipinski definition) is 3. The van der Waals surface area contributed by atoms with Crippen molar-refractivity contribution >= 4 is 15.9 Å². The maximum absolute atomic E-state index is 12.0. The molecule has 21 heavy (non-hydrogen) atoms. The highest BCUT2D eigenvalue weighted by atomic mass is 32.2. The molecule has 0 aliphatic carbocycles. The van der Waals surface area contributed by atoms with Crippen molar-refractivity contribution < 1.29 is 13.2 Å². The van der Waals surface area contributed by atoms with Crippen molar-refractivity contribution in [2.75, 3.05) is 19.6 Å². The third-order valence-electron chi connectivity index (χ3n) is 3.62. The molecule has 0 unspecified atom stereocenters. The first-order valence-electron chi connectivity index (χ1n) is 7.42. The van der Waals surface area contributed by atoms with Crippen LogP contribution < -0.4 is 4.72 Å². The van der Waals surface area contributed by atoms with Crippen LogP contribution in [0.15, 0.2) is 35.2 Å². The van der Waals surface area contributed by atoms with Gasteiger partial charge in [0.15, 0.2) is 0 Å². The van der Waals surface area contributed by atoms with E-state index in [9.17, 15) is 13.2 Å². The van der Waals surface area contributed by atoms with E-state index in [2.05, 4.69) is 4.72 Å². The Hall–Kier alpha value is -1.40. The van der Waals surface area contributed by atoms with Gasteiger partial charge in [0.1, 0.15) is 0 Å². The zero-order valence-corrected chi connectivity index (χ0v) is 12.9. The maximum Gasteiger partial charge on any atom is 0.240 e. The average Bonchev–Trinajstić information content (AvgIpc) is 2.69. The maximum atomic E-state index is 12.0. The first kappa shape index (κ1) is 16.0. The van der Waals surface area contributed by atoms with Crippen molar-refractivity contribution in [3.63, 3.8) is 0 Å². The van der Waals surface area contributed by atoms with Crippen molar-refractivity contribution in [3.8, 4) is 0 Å². The van der Waals surface area contributed by atoms with Gasteiger partial charge in [0, 0.05) is 26.1 Å². The quantitative estimate of drug-likeness (QED) is 0.814. The third-order valence-corrected chi connectivity index (χ3v) is 5.10. The summed E-state index contributed by atoms with van der Waals surface area (Å²) in [5, 5.41) is 0. The molecule has 1 fully saturated rings. The van der Waals surface area contributed by atoms with Gasteiger partial charge in [0.25, 0.3) is 0 Å². The zero-order chi connectivity index (χ0) is 15.1. The Balaban J connectivity index is 1.78. The summed E-state index contributed by atoms with van der Waals surface area (Å²) in [5.74, 6) is 0.193. The van der Waals surface area contributed by atoms with Crippen LogP contribution in [0.3, 0.4) is 0 Å². The lowest BCUT2D eigenvalue weighted by atomic mass is 10.2. The number of benzene rings is 1. The summed E-state index contributed by atoms with van der Waals surface area (Å²) in [4.78, 5) is 13.9. The Morgan fingerprint density at radius 2 is 1.86 bits per heavy atom. The van der Waals surface area contributed by atoms with Crippen LogP contribution in [0.4, 0.5) is 0 Å². The van der Waals surface area contributed by atoms with E-state index in [-0.39, 0.29) is 10.8 Å². The molecule has 1 saturated heterocycles. The van der Waals surface area contributed by atoms with Crippen molar-refractivity contribution in [1.29, 1.82) is 0 Å². The van der Waals surface area contributed by atoms with Gasteiger partial charge >= 0.3 is 0 Å². The van der Waals surface area contributed by atoms with Crippen molar-refractivity contribution in [3.05, 3.63) is 30.3 Å². The summed E-state index contributed by atoms with van der Waals surface area (Å²) in [6.07, 6.45) is 4.37. The molecule has 2 rings (SSSR count). The third kappa shape index (κ3) is 4.82. The highest BCUT2D eigenvalue weighted by molar-refractivity contribution is 7.89. The van der Waals surface area contributed by atoms with Crippen LogP contribution in [0.2, 0.25) is 0 Å². The van der Waals surface area contributed by atoms with Gasteiger partial charge in [-0.2, -0.15) is 0 Å². The second-order valence-corrected chi connectivity index (χ2v) is 7.02. The minimum Gasteiger partial charge on any atom is -0.343 e. The Labute approximate surface area is 126 Å². The molecule has 0 bridgehead atoms. The fourth-order valence-electron chi connectivity index (χ4n) is 2.43. The van der Waals surface area contributed by atoms with Crippen LogP contribution in [-0.2, 0) is 14.8 Å². The number of nitrogens with zero attached hydrogens (tertiary/aromatic N) is 1. The highest BCUT2D eigenvalue weighted by Gasteiger charge is 2.17. The van der Waals surface area contributed by atoms with E-state index in [1.165, 1.54) is 0 Å². The van der Waals surface area contributed by atoms with E-state index in [0.29, 0.717) is 25.9 Å². The minimum atomic E-state index is -3.44. The van der Waals surface area contributed by atoms with E-state index in [4.69, 9.17) is 0 Å². The molecule has 5 nitrogen and oxygen atoms in total. The van der Waals surface area contributed by atoms with Crippen molar-refractivity contribution in [1.82, 2.24) is 9.62 Å². The van der Waals surface area contributed by atoms with Crippen LogP contribution in [0.25, 0.3) is 0 Å². The lowest BCUT2D eigenvalue weighted by Crippen LogP contribution is -2.34. The number of rotatable bonds is 6. The van der Waals surface area contributed by atoms with Crippen LogP contribution in [0.5, 0.6) is 0 Å². The first-order chi connectivity index (χ1) is 10.1. The molecule has 1 N–H and O–H groups in total. The number of carbonyl (C=O) groups excluding carboxylic acids is 1. The number of carbonyl (C=O) groups is 1. The topological polar surface area (TPSA) is 66.5 Å². The molecule has 0 radical (unpaired) electrons. The molecule has 6 heteroatoms. The number of likely N-dealkylation sites (tertiary alicyclic amines) is 1. The van der Waals surface area contributed by atoms with Gasteiger partial charge in [-0.05, 0) is 31.4 Å². The molecule has 1 aliphatic rings. The summed E-state index contributed by atoms with van der Waals surface area (Å²) in [5.41, 5.74) is 0. The molecule has 0 atom stereocenters. The monoisotopic (exact) mass is 310 g/mol. The van der Waals surface area contributed by atoms with Crippen molar-refractivity contribution in [2.24, 2.45) is 0 Å². The SMILES string of the molecule is O=C1CCCCCN1CCCNS(=O)(=O)c1ccccc1. The van der Waals surface area contributed by atoms with Gasteiger partial charge in [-0.1, -0.05) is 24.6 Å². The molecule has 1 aromatic rings. The summed E-state index contributed by atoms with van der Waals surface area (Å²) >= 11 is 0. The van der Waals surface area contributed by atoms with Gasteiger partial charge < -0.3 is 4.90 Å². The number of amides is 1. The molecule has 1 aliphatic heterocycles. The van der Waals surface area contributed by atoms with Crippen LogP contribution >= 0.6 is 0 Å². The van der Waals surface area contributed by atoms with E-state index in [1.54, 1.807) is 30.3 Å². The van der Waals surface area contributed by atoms with Crippen LogP contribution in [0, 0.1) is 0 Å². The van der Waals surface area contributed by atoms with Gasteiger partial charge in [-0.15, -0.1) is 0 Å². The minimum absolute atomic E-state index is 0.193. The summed E-state index contributed by atoms with van der Waals surface area (Å²) in [6.45, 7) is 1.77. The van der Waals surface area contributed by atoms with Gasteiger partial charge in [0.2, 0.25) is 15.9 Å². The van der Waals surface area contributed by atoms with Crippen molar-refractivity contribution in [2.45, 2.75) is 37.0 Å². The number of hydrogen-bond donors (Lipinski definition) is 1. The average molecular weight is 310 g/mol. The van der Waals surface area contributed by atoms with E-state index in [1.807, 2.05) is 4.90 Å². The Kier molecular flexibility index (Phi) is 5.76. The second kappa shape index (κ2) is 7.56. The lowest BCUT2D eigenvalue weighted by Gasteiger charge is -2.20. The standard InChI is InChI=1S/C15H22N2O3S/c18-15-10-5-2-6-12-17(15)13-7-11-16-21(19,20)14-8-3-1-4-9-14/h1,3-4,8-9,16H,2,5-7,10-13H2. The molecule has 0 spiro atoms. The van der Waals surface area contributed by atoms with Gasteiger partial charge in [-0.3, -0.25) is 4.79 Å². The van der Waals surface area contributed by atoms with Gasteiger partial charge in [0.05, 0.1) is 4.90 Å². The molecule has 1 amide bonds.